The van der Waals surface area contributed by atoms with Crippen molar-refractivity contribution in [3.05, 3.63) is 130 Å². The molecule has 0 aromatic rings. The van der Waals surface area contributed by atoms with Gasteiger partial charge in [0, 0.05) is 12.8 Å². The summed E-state index contributed by atoms with van der Waals surface area (Å²) in [5.74, 6) is 0.338. The lowest BCUT2D eigenvalue weighted by Crippen LogP contribution is -2.28. The Balaban J connectivity index is 1.91. The second-order valence-corrected chi connectivity index (χ2v) is 13.5. The van der Waals surface area contributed by atoms with Crippen molar-refractivity contribution in [2.45, 2.75) is 101 Å². The zero-order chi connectivity index (χ0) is 31.5. The number of hydrogen-bond acceptors (Lipinski definition) is 2. The molecule has 1 N–H and O–H groups in total. The summed E-state index contributed by atoms with van der Waals surface area (Å²) in [4.78, 5) is 12.0. The van der Waals surface area contributed by atoms with Crippen LogP contribution in [0.2, 0.25) is 0 Å². The molecule has 42 heavy (non-hydrogen) atoms. The summed E-state index contributed by atoms with van der Waals surface area (Å²) in [6, 6.07) is 0. The minimum Gasteiger partial charge on any atom is -0.393 e. The molecule has 2 heteroatoms. The summed E-state index contributed by atoms with van der Waals surface area (Å²) < 4.78 is 0. The molecule has 2 aliphatic carbocycles. The van der Waals surface area contributed by atoms with Crippen LogP contribution in [0.4, 0.5) is 0 Å². The molecule has 0 fully saturated rings. The van der Waals surface area contributed by atoms with Crippen LogP contribution in [-0.4, -0.2) is 17.0 Å². The minimum absolute atomic E-state index is 0.00329. The second kappa shape index (κ2) is 15.8. The van der Waals surface area contributed by atoms with Gasteiger partial charge in [-0.15, -0.1) is 0 Å². The van der Waals surface area contributed by atoms with Gasteiger partial charge in [0.1, 0.15) is 5.78 Å². The molecule has 0 bridgehead atoms. The maximum absolute atomic E-state index is 12.0. The van der Waals surface area contributed by atoms with Gasteiger partial charge in [-0.25, -0.2) is 0 Å². The van der Waals surface area contributed by atoms with Gasteiger partial charge in [0.15, 0.2) is 0 Å². The van der Waals surface area contributed by atoms with Crippen molar-refractivity contribution in [1.29, 1.82) is 0 Å². The molecule has 0 aliphatic heterocycles. The van der Waals surface area contributed by atoms with E-state index >= 15 is 0 Å². The average Bonchev–Trinajstić information content (AvgIpc) is 2.84. The van der Waals surface area contributed by atoms with E-state index in [0.29, 0.717) is 18.6 Å². The van der Waals surface area contributed by atoms with E-state index in [2.05, 4.69) is 154 Å². The summed E-state index contributed by atoms with van der Waals surface area (Å²) in [5, 5.41) is 10.1. The Morgan fingerprint density at radius 1 is 0.667 bits per heavy atom. The highest BCUT2D eigenvalue weighted by Gasteiger charge is 2.32. The maximum Gasteiger partial charge on any atom is 0.137 e. The lowest BCUT2D eigenvalue weighted by molar-refractivity contribution is -0.120. The highest BCUT2D eigenvalue weighted by molar-refractivity contribution is 5.84. The molecule has 2 aliphatic rings. The number of hydrogen-bond donors (Lipinski definition) is 1. The number of aliphatic hydroxyl groups is 1. The van der Waals surface area contributed by atoms with Gasteiger partial charge in [-0.1, -0.05) is 146 Å². The first-order valence-corrected chi connectivity index (χ1v) is 15.3. The maximum atomic E-state index is 12.0. The molecular formula is C40H54O2. The van der Waals surface area contributed by atoms with Gasteiger partial charge in [0.25, 0.3) is 0 Å². The number of ketones is 1. The normalized spacial score (nSPS) is 23.3. The smallest absolute Gasteiger partial charge is 0.137 e. The predicted octanol–water partition coefficient (Wildman–Crippen LogP) is 10.8. The van der Waals surface area contributed by atoms with Crippen molar-refractivity contribution in [1.82, 2.24) is 0 Å². The highest BCUT2D eigenvalue weighted by atomic mass is 16.3. The molecule has 0 amide bonds. The first kappa shape index (κ1) is 35.0. The van der Waals surface area contributed by atoms with Gasteiger partial charge >= 0.3 is 0 Å². The Morgan fingerprint density at radius 2 is 1.10 bits per heavy atom. The number of Topliss-reactive ketones (excluding diaryl/α,β-unsaturated/α-hetero) is 1. The first-order valence-electron chi connectivity index (χ1n) is 15.3. The van der Waals surface area contributed by atoms with Crippen LogP contribution >= 0.6 is 0 Å². The molecule has 0 heterocycles. The average molecular weight is 567 g/mol. The van der Waals surface area contributed by atoms with E-state index < -0.39 is 0 Å². The predicted molar refractivity (Wildman–Crippen MR) is 183 cm³/mol. The molecule has 0 spiro atoms. The number of rotatable bonds is 10. The topological polar surface area (TPSA) is 37.3 Å². The standard InChI is InChI=1S/C40H54O2/c1-29(17-13-19-31(3)21-23-37-33(5)25-35(41)27-39(37,7)8)15-11-12-16-30(2)18-14-20-32(4)22-24-38-34(6)26-36(42)28-40(38,9)10/h11-24,35,41H,25-28H2,1-10H3/b12-11+,17-13+,18-14+,23-21+,24-22+,29-15+,30-16+,31-19+,32-20+/t35-/m1/s1. The van der Waals surface area contributed by atoms with Crippen LogP contribution in [0.15, 0.2) is 130 Å². The van der Waals surface area contributed by atoms with Gasteiger partial charge in [0.2, 0.25) is 0 Å². The Bertz CT molecular complexity index is 1330. The molecule has 226 valence electrons. The van der Waals surface area contributed by atoms with Crippen LogP contribution in [0.3, 0.4) is 0 Å². The van der Waals surface area contributed by atoms with Crippen LogP contribution in [0.5, 0.6) is 0 Å². The van der Waals surface area contributed by atoms with Crippen molar-refractivity contribution in [2.75, 3.05) is 0 Å². The zero-order valence-corrected chi connectivity index (χ0v) is 27.8. The van der Waals surface area contributed by atoms with E-state index in [-0.39, 0.29) is 16.9 Å². The minimum atomic E-state index is -0.228. The molecule has 0 aromatic carbocycles. The molecule has 0 aromatic heterocycles. The highest BCUT2D eigenvalue weighted by Crippen LogP contribution is 2.41. The summed E-state index contributed by atoms with van der Waals surface area (Å²) in [6.45, 7) is 21.4. The van der Waals surface area contributed by atoms with Crippen molar-refractivity contribution >= 4 is 5.78 Å². The van der Waals surface area contributed by atoms with E-state index in [9.17, 15) is 9.90 Å². The molecular weight excluding hydrogens is 512 g/mol. The van der Waals surface area contributed by atoms with E-state index in [4.69, 9.17) is 0 Å². The van der Waals surface area contributed by atoms with E-state index in [1.54, 1.807) is 0 Å². The monoisotopic (exact) mass is 566 g/mol. The number of aliphatic hydroxyl groups excluding tert-OH is 1. The van der Waals surface area contributed by atoms with E-state index in [1.807, 2.05) is 0 Å². The Labute approximate surface area is 256 Å². The quantitative estimate of drug-likeness (QED) is 0.267. The van der Waals surface area contributed by atoms with Gasteiger partial charge in [-0.3, -0.25) is 4.79 Å². The molecule has 0 radical (unpaired) electrons. The van der Waals surface area contributed by atoms with Crippen molar-refractivity contribution in [2.24, 2.45) is 10.8 Å². The van der Waals surface area contributed by atoms with Crippen LogP contribution in [0.1, 0.15) is 94.9 Å². The Kier molecular flexibility index (Phi) is 13.2. The largest absolute Gasteiger partial charge is 0.393 e. The van der Waals surface area contributed by atoms with E-state index in [1.165, 1.54) is 44.6 Å². The summed E-state index contributed by atoms with van der Waals surface area (Å²) in [7, 11) is 0. The number of carbonyl (C=O) groups excluding carboxylic acids is 1. The fraction of sp³-hybridized carbons (Fsp3) is 0.425. The molecule has 2 rings (SSSR count). The molecule has 2 nitrogen and oxygen atoms in total. The Morgan fingerprint density at radius 3 is 1.55 bits per heavy atom. The SMILES string of the molecule is CC1=C(/C=C/C(C)=C/C=C/C(C)=C/C=C/C=C(C)/C=C/C=C(C)/C=C/C2=C(C)C[C@@H](O)CC2(C)C)C(C)(C)CC(=O)C1. The van der Waals surface area contributed by atoms with E-state index in [0.717, 1.165) is 12.8 Å². The summed E-state index contributed by atoms with van der Waals surface area (Å²) in [6.07, 6.45) is 32.3. The second-order valence-electron chi connectivity index (χ2n) is 13.5. The fourth-order valence-electron chi connectivity index (χ4n) is 5.94. The number of allylic oxidation sites excluding steroid dienone is 21. The summed E-state index contributed by atoms with van der Waals surface area (Å²) in [5.41, 5.74) is 9.76. The third-order valence-electron chi connectivity index (χ3n) is 8.06. The molecule has 1 atom stereocenters. The fourth-order valence-corrected chi connectivity index (χ4v) is 5.94. The van der Waals surface area contributed by atoms with Crippen LogP contribution < -0.4 is 0 Å². The van der Waals surface area contributed by atoms with Gasteiger partial charge in [0.05, 0.1) is 6.10 Å². The van der Waals surface area contributed by atoms with Gasteiger partial charge in [-0.2, -0.15) is 0 Å². The van der Waals surface area contributed by atoms with Gasteiger partial charge < -0.3 is 5.11 Å². The first-order chi connectivity index (χ1) is 19.6. The van der Waals surface area contributed by atoms with Crippen molar-refractivity contribution < 1.29 is 9.90 Å². The third-order valence-corrected chi connectivity index (χ3v) is 8.06. The number of carbonyl (C=O) groups is 1. The lowest BCUT2D eigenvalue weighted by Gasteiger charge is -2.35. The van der Waals surface area contributed by atoms with Crippen molar-refractivity contribution in [3.63, 3.8) is 0 Å². The zero-order valence-electron chi connectivity index (χ0n) is 27.8. The lowest BCUT2D eigenvalue weighted by atomic mass is 9.71. The third kappa shape index (κ3) is 11.6. The van der Waals surface area contributed by atoms with Crippen LogP contribution in [0.25, 0.3) is 0 Å². The van der Waals surface area contributed by atoms with Crippen molar-refractivity contribution in [3.8, 4) is 0 Å². The van der Waals surface area contributed by atoms with Crippen LogP contribution in [0, 0.1) is 10.8 Å². The molecule has 0 saturated carbocycles. The summed E-state index contributed by atoms with van der Waals surface area (Å²) >= 11 is 0. The Hall–Kier alpha value is -3.23. The molecule has 0 unspecified atom stereocenters. The molecule has 0 saturated heterocycles. The van der Waals surface area contributed by atoms with Gasteiger partial charge in [-0.05, 0) is 76.4 Å². The van der Waals surface area contributed by atoms with Crippen LogP contribution in [-0.2, 0) is 4.79 Å².